The quantitative estimate of drug-likeness (QED) is 0.541. The minimum atomic E-state index is 0.117. The second-order valence-corrected chi connectivity index (χ2v) is 5.87. The van der Waals surface area contributed by atoms with Gasteiger partial charge in [-0.2, -0.15) is 0 Å². The lowest BCUT2D eigenvalue weighted by atomic mass is 10.1. The summed E-state index contributed by atoms with van der Waals surface area (Å²) in [7, 11) is 0. The van der Waals surface area contributed by atoms with Crippen molar-refractivity contribution in [1.29, 1.82) is 0 Å². The summed E-state index contributed by atoms with van der Waals surface area (Å²) in [6, 6.07) is 5.65. The summed E-state index contributed by atoms with van der Waals surface area (Å²) < 4.78 is 5.87. The van der Waals surface area contributed by atoms with Crippen LogP contribution in [-0.2, 0) is 0 Å². The van der Waals surface area contributed by atoms with Crippen LogP contribution in [0.5, 0.6) is 5.75 Å². The lowest BCUT2D eigenvalue weighted by molar-refractivity contribution is 0.0990. The molecule has 1 heterocycles. The summed E-state index contributed by atoms with van der Waals surface area (Å²) in [6.45, 7) is 11.5. The SMILES string of the molecule is CCC1CNc2cc(C(=O)CNCCN(CC)CC)ccc2O1. The average Bonchev–Trinajstić information content (AvgIpc) is 2.60. The van der Waals surface area contributed by atoms with E-state index in [1.807, 2.05) is 18.2 Å². The van der Waals surface area contributed by atoms with Crippen LogP contribution in [0.15, 0.2) is 18.2 Å². The van der Waals surface area contributed by atoms with E-state index in [2.05, 4.69) is 36.3 Å². The molecule has 0 aliphatic carbocycles. The van der Waals surface area contributed by atoms with E-state index < -0.39 is 0 Å². The molecule has 1 aliphatic rings. The Morgan fingerprint density at radius 3 is 2.83 bits per heavy atom. The number of likely N-dealkylation sites (N-methyl/N-ethyl adjacent to an activating group) is 1. The van der Waals surface area contributed by atoms with Crippen molar-refractivity contribution in [3.05, 3.63) is 23.8 Å². The molecular weight excluding hydrogens is 290 g/mol. The highest BCUT2D eigenvalue weighted by molar-refractivity contribution is 5.98. The zero-order chi connectivity index (χ0) is 16.7. The number of benzene rings is 1. The Labute approximate surface area is 139 Å². The molecule has 5 heteroatoms. The van der Waals surface area contributed by atoms with Gasteiger partial charge in [-0.1, -0.05) is 20.8 Å². The minimum Gasteiger partial charge on any atom is -0.486 e. The molecule has 0 aromatic heterocycles. The number of hydrogen-bond acceptors (Lipinski definition) is 5. The molecule has 0 fully saturated rings. The Morgan fingerprint density at radius 2 is 2.13 bits per heavy atom. The summed E-state index contributed by atoms with van der Waals surface area (Å²) in [5.74, 6) is 0.959. The third kappa shape index (κ3) is 4.94. The monoisotopic (exact) mass is 319 g/mol. The van der Waals surface area contributed by atoms with E-state index >= 15 is 0 Å². The maximum absolute atomic E-state index is 12.3. The van der Waals surface area contributed by atoms with Crippen LogP contribution in [0.2, 0.25) is 0 Å². The highest BCUT2D eigenvalue weighted by atomic mass is 16.5. The van der Waals surface area contributed by atoms with E-state index in [9.17, 15) is 4.79 Å². The van der Waals surface area contributed by atoms with E-state index in [0.29, 0.717) is 6.54 Å². The lowest BCUT2D eigenvalue weighted by Gasteiger charge is -2.26. The molecule has 0 bridgehead atoms. The highest BCUT2D eigenvalue weighted by Gasteiger charge is 2.19. The first kappa shape index (κ1) is 17.8. The average molecular weight is 319 g/mol. The molecule has 0 spiro atoms. The van der Waals surface area contributed by atoms with Gasteiger partial charge < -0.3 is 20.3 Å². The van der Waals surface area contributed by atoms with Gasteiger partial charge in [-0.3, -0.25) is 4.79 Å². The fourth-order valence-electron chi connectivity index (χ4n) is 2.70. The smallest absolute Gasteiger partial charge is 0.176 e. The molecule has 0 saturated heterocycles. The zero-order valence-electron chi connectivity index (χ0n) is 14.5. The number of hydrogen-bond donors (Lipinski definition) is 2. The molecule has 5 nitrogen and oxygen atoms in total. The molecular formula is C18H29N3O2. The summed E-state index contributed by atoms with van der Waals surface area (Å²) >= 11 is 0. The van der Waals surface area contributed by atoms with E-state index in [1.54, 1.807) is 0 Å². The fourth-order valence-corrected chi connectivity index (χ4v) is 2.70. The van der Waals surface area contributed by atoms with E-state index in [0.717, 1.165) is 56.1 Å². The van der Waals surface area contributed by atoms with Crippen LogP contribution in [0, 0.1) is 0 Å². The number of rotatable bonds is 9. The molecule has 0 radical (unpaired) electrons. The Bertz CT molecular complexity index is 515. The van der Waals surface area contributed by atoms with Gasteiger partial charge in [0.2, 0.25) is 0 Å². The predicted octanol–water partition coefficient (Wildman–Crippen LogP) is 2.38. The number of ether oxygens (including phenoxy) is 1. The van der Waals surface area contributed by atoms with Gasteiger partial charge in [-0.15, -0.1) is 0 Å². The van der Waals surface area contributed by atoms with Gasteiger partial charge in [0.25, 0.3) is 0 Å². The summed E-state index contributed by atoms with van der Waals surface area (Å²) in [5, 5.41) is 6.59. The van der Waals surface area contributed by atoms with Crippen molar-refractivity contribution >= 4 is 11.5 Å². The number of Topliss-reactive ketones (excluding diaryl/α,β-unsaturated/α-hetero) is 1. The van der Waals surface area contributed by atoms with Gasteiger partial charge >= 0.3 is 0 Å². The second kappa shape index (κ2) is 8.89. The van der Waals surface area contributed by atoms with Crippen LogP contribution in [0.4, 0.5) is 5.69 Å². The Kier molecular flexibility index (Phi) is 6.86. The van der Waals surface area contributed by atoms with Crippen LogP contribution in [0.3, 0.4) is 0 Å². The third-order valence-electron chi connectivity index (χ3n) is 4.36. The van der Waals surface area contributed by atoms with Crippen LogP contribution >= 0.6 is 0 Å². The summed E-state index contributed by atoms with van der Waals surface area (Å²) in [4.78, 5) is 14.6. The number of ketones is 1. The first-order chi connectivity index (χ1) is 11.2. The van der Waals surface area contributed by atoms with Crippen molar-refractivity contribution in [3.8, 4) is 5.75 Å². The van der Waals surface area contributed by atoms with Crippen molar-refractivity contribution in [2.75, 3.05) is 44.6 Å². The Balaban J connectivity index is 1.84. The number of nitrogens with one attached hydrogen (secondary N) is 2. The molecule has 1 atom stereocenters. The number of nitrogens with zero attached hydrogens (tertiary/aromatic N) is 1. The summed E-state index contributed by atoms with van der Waals surface area (Å²) in [5.41, 5.74) is 1.65. The van der Waals surface area contributed by atoms with Crippen molar-refractivity contribution in [2.24, 2.45) is 0 Å². The second-order valence-electron chi connectivity index (χ2n) is 5.87. The Morgan fingerprint density at radius 1 is 1.35 bits per heavy atom. The molecule has 2 N–H and O–H groups in total. The van der Waals surface area contributed by atoms with Crippen molar-refractivity contribution < 1.29 is 9.53 Å². The highest BCUT2D eigenvalue weighted by Crippen LogP contribution is 2.30. The number of fused-ring (bicyclic) bond motifs is 1. The molecule has 2 rings (SSSR count). The molecule has 0 amide bonds. The molecule has 128 valence electrons. The molecule has 1 aromatic rings. The van der Waals surface area contributed by atoms with Gasteiger partial charge in [0, 0.05) is 18.7 Å². The van der Waals surface area contributed by atoms with Gasteiger partial charge in [0.05, 0.1) is 18.8 Å². The van der Waals surface area contributed by atoms with E-state index in [4.69, 9.17) is 4.74 Å². The number of carbonyl (C=O) groups excluding carboxylic acids is 1. The molecule has 1 unspecified atom stereocenters. The fraction of sp³-hybridized carbons (Fsp3) is 0.611. The molecule has 23 heavy (non-hydrogen) atoms. The van der Waals surface area contributed by atoms with Crippen molar-refractivity contribution in [3.63, 3.8) is 0 Å². The predicted molar refractivity (Wildman–Crippen MR) is 94.6 cm³/mol. The standard InChI is InChI=1S/C18H29N3O2/c1-4-15-12-20-16-11-14(7-8-18(16)23-15)17(22)13-19-9-10-21(5-2)6-3/h7-8,11,15,19-20H,4-6,9-10,12-13H2,1-3H3. The maximum Gasteiger partial charge on any atom is 0.176 e. The first-order valence-corrected chi connectivity index (χ1v) is 8.68. The van der Waals surface area contributed by atoms with Gasteiger partial charge in [0.1, 0.15) is 11.9 Å². The van der Waals surface area contributed by atoms with E-state index in [1.165, 1.54) is 0 Å². The minimum absolute atomic E-state index is 0.117. The Hall–Kier alpha value is -1.59. The largest absolute Gasteiger partial charge is 0.486 e. The zero-order valence-corrected chi connectivity index (χ0v) is 14.5. The molecule has 1 aromatic carbocycles. The summed E-state index contributed by atoms with van der Waals surface area (Å²) in [6.07, 6.45) is 1.19. The van der Waals surface area contributed by atoms with Gasteiger partial charge in [0.15, 0.2) is 5.78 Å². The third-order valence-corrected chi connectivity index (χ3v) is 4.36. The lowest BCUT2D eigenvalue weighted by Crippen LogP contribution is -2.34. The van der Waals surface area contributed by atoms with Gasteiger partial charge in [-0.05, 0) is 37.7 Å². The van der Waals surface area contributed by atoms with Crippen molar-refractivity contribution in [1.82, 2.24) is 10.2 Å². The van der Waals surface area contributed by atoms with Crippen LogP contribution in [0.25, 0.3) is 0 Å². The van der Waals surface area contributed by atoms with E-state index in [-0.39, 0.29) is 11.9 Å². The topological polar surface area (TPSA) is 53.6 Å². The number of anilines is 1. The van der Waals surface area contributed by atoms with Crippen LogP contribution in [-0.4, -0.2) is 56.1 Å². The number of carbonyl (C=O) groups is 1. The maximum atomic E-state index is 12.3. The first-order valence-electron chi connectivity index (χ1n) is 8.68. The van der Waals surface area contributed by atoms with Crippen LogP contribution in [0.1, 0.15) is 37.6 Å². The molecule has 0 saturated carbocycles. The molecule has 1 aliphatic heterocycles. The van der Waals surface area contributed by atoms with Crippen molar-refractivity contribution in [2.45, 2.75) is 33.3 Å². The van der Waals surface area contributed by atoms with Crippen LogP contribution < -0.4 is 15.4 Å². The normalized spacial score (nSPS) is 16.6. The van der Waals surface area contributed by atoms with Gasteiger partial charge in [-0.25, -0.2) is 0 Å².